The number of benzene rings is 3. The summed E-state index contributed by atoms with van der Waals surface area (Å²) in [5, 5.41) is 5.22. The summed E-state index contributed by atoms with van der Waals surface area (Å²) in [4.78, 5) is 17.6. The maximum atomic E-state index is 13.1. The molecular formula is C29H29N3O3S2. The highest BCUT2D eigenvalue weighted by Crippen LogP contribution is 2.29. The first-order valence-electron chi connectivity index (χ1n) is 12.4. The lowest BCUT2D eigenvalue weighted by molar-refractivity contribution is 0.102. The highest BCUT2D eigenvalue weighted by molar-refractivity contribution is 7.89. The molecule has 3 aromatic carbocycles. The van der Waals surface area contributed by atoms with E-state index in [1.54, 1.807) is 19.2 Å². The Kier molecular flexibility index (Phi) is 7.50. The second kappa shape index (κ2) is 11.0. The van der Waals surface area contributed by atoms with Crippen LogP contribution in [-0.2, 0) is 10.0 Å². The minimum atomic E-state index is -3.60. The first-order chi connectivity index (χ1) is 17.9. The molecule has 1 aliphatic carbocycles. The van der Waals surface area contributed by atoms with Crippen LogP contribution >= 0.6 is 11.3 Å². The van der Waals surface area contributed by atoms with Gasteiger partial charge in [-0.15, -0.1) is 11.3 Å². The Bertz CT molecular complexity index is 1460. The van der Waals surface area contributed by atoms with Crippen molar-refractivity contribution < 1.29 is 13.2 Å². The molecule has 0 aliphatic heterocycles. The van der Waals surface area contributed by atoms with Crippen LogP contribution in [0.1, 0.15) is 42.5 Å². The minimum absolute atomic E-state index is 0.0374. The number of anilines is 1. The summed E-state index contributed by atoms with van der Waals surface area (Å²) < 4.78 is 27.6. The Morgan fingerprint density at radius 2 is 1.49 bits per heavy atom. The van der Waals surface area contributed by atoms with E-state index in [-0.39, 0.29) is 16.8 Å². The van der Waals surface area contributed by atoms with Crippen LogP contribution in [0.5, 0.6) is 0 Å². The van der Waals surface area contributed by atoms with E-state index in [9.17, 15) is 13.2 Å². The van der Waals surface area contributed by atoms with Gasteiger partial charge in [0.1, 0.15) is 0 Å². The maximum absolute atomic E-state index is 13.1. The van der Waals surface area contributed by atoms with Crippen molar-refractivity contribution in [2.45, 2.75) is 43.0 Å². The van der Waals surface area contributed by atoms with E-state index in [2.05, 4.69) is 34.6 Å². The van der Waals surface area contributed by atoms with Gasteiger partial charge in [0.2, 0.25) is 10.0 Å². The lowest BCUT2D eigenvalue weighted by atomic mass is 9.96. The zero-order valence-corrected chi connectivity index (χ0v) is 22.3. The number of hydrogen-bond acceptors (Lipinski definition) is 5. The van der Waals surface area contributed by atoms with Gasteiger partial charge in [0.25, 0.3) is 5.91 Å². The summed E-state index contributed by atoms with van der Waals surface area (Å²) in [5.41, 5.74) is 4.41. The van der Waals surface area contributed by atoms with Gasteiger partial charge in [0, 0.05) is 29.6 Å². The summed E-state index contributed by atoms with van der Waals surface area (Å²) >= 11 is 1.35. The number of rotatable bonds is 7. The van der Waals surface area contributed by atoms with Gasteiger partial charge in [-0.3, -0.25) is 10.1 Å². The first-order valence-corrected chi connectivity index (χ1v) is 14.7. The van der Waals surface area contributed by atoms with Crippen LogP contribution in [0, 0.1) is 0 Å². The molecule has 0 bridgehead atoms. The van der Waals surface area contributed by atoms with Gasteiger partial charge < -0.3 is 0 Å². The van der Waals surface area contributed by atoms with E-state index in [1.165, 1.54) is 27.8 Å². The Balaban J connectivity index is 1.24. The van der Waals surface area contributed by atoms with E-state index in [0.717, 1.165) is 54.5 Å². The molecule has 1 aromatic heterocycles. The molecule has 0 spiro atoms. The molecule has 6 nitrogen and oxygen atoms in total. The molecule has 1 heterocycles. The predicted molar refractivity (Wildman–Crippen MR) is 149 cm³/mol. The van der Waals surface area contributed by atoms with Crippen molar-refractivity contribution in [1.82, 2.24) is 9.29 Å². The van der Waals surface area contributed by atoms with Crippen LogP contribution in [0.15, 0.2) is 89.1 Å². The van der Waals surface area contributed by atoms with Gasteiger partial charge in [0.15, 0.2) is 5.13 Å². The Labute approximate surface area is 222 Å². The summed E-state index contributed by atoms with van der Waals surface area (Å²) in [6, 6.07) is 24.5. The number of carbonyl (C=O) groups excluding carboxylic acids is 1. The summed E-state index contributed by atoms with van der Waals surface area (Å²) in [7, 11) is -1.94. The molecule has 1 amide bonds. The fourth-order valence-electron chi connectivity index (χ4n) is 4.68. The van der Waals surface area contributed by atoms with Gasteiger partial charge in [-0.1, -0.05) is 73.9 Å². The average Bonchev–Trinajstić information content (AvgIpc) is 3.42. The molecule has 0 unspecified atom stereocenters. The van der Waals surface area contributed by atoms with Crippen molar-refractivity contribution in [1.29, 1.82) is 0 Å². The molecule has 1 saturated carbocycles. The Hall–Kier alpha value is -3.33. The summed E-state index contributed by atoms with van der Waals surface area (Å²) in [6.45, 7) is 0. The molecule has 190 valence electrons. The van der Waals surface area contributed by atoms with Gasteiger partial charge >= 0.3 is 0 Å². The zero-order valence-electron chi connectivity index (χ0n) is 20.6. The standard InChI is InChI=1S/C29H29N3O3S2/c1-32(25-10-6-3-7-11-25)37(34,35)26-18-16-24(17-19-26)28(33)31-29-30-27(20-36-29)23-14-12-22(13-15-23)21-8-4-2-5-9-21/h2,4-5,8-9,12-20,25H,3,6-7,10-11H2,1H3,(H,30,31,33). The number of nitrogens with one attached hydrogen (secondary N) is 1. The first kappa shape index (κ1) is 25.3. The highest BCUT2D eigenvalue weighted by atomic mass is 32.2. The Morgan fingerprint density at radius 3 is 2.16 bits per heavy atom. The largest absolute Gasteiger partial charge is 0.298 e. The highest BCUT2D eigenvalue weighted by Gasteiger charge is 2.29. The molecule has 8 heteroatoms. The number of carbonyl (C=O) groups is 1. The molecule has 1 N–H and O–H groups in total. The lowest BCUT2D eigenvalue weighted by Crippen LogP contribution is -2.38. The third kappa shape index (κ3) is 5.66. The maximum Gasteiger partial charge on any atom is 0.257 e. The minimum Gasteiger partial charge on any atom is -0.298 e. The van der Waals surface area contributed by atoms with Crippen LogP contribution < -0.4 is 5.32 Å². The average molecular weight is 532 g/mol. The number of nitrogens with zero attached hydrogens (tertiary/aromatic N) is 2. The van der Waals surface area contributed by atoms with E-state index >= 15 is 0 Å². The van der Waals surface area contributed by atoms with Crippen LogP contribution in [0.4, 0.5) is 5.13 Å². The normalized spacial score (nSPS) is 14.5. The van der Waals surface area contributed by atoms with E-state index in [1.807, 2.05) is 35.7 Å². The van der Waals surface area contributed by atoms with E-state index < -0.39 is 10.0 Å². The van der Waals surface area contributed by atoms with Crippen molar-refractivity contribution in [3.8, 4) is 22.4 Å². The SMILES string of the molecule is CN(C1CCCCC1)S(=O)(=O)c1ccc(C(=O)Nc2nc(-c3ccc(-c4ccccc4)cc3)cs2)cc1. The fourth-order valence-corrected chi connectivity index (χ4v) is 6.81. The predicted octanol–water partition coefficient (Wildman–Crippen LogP) is 6.68. The van der Waals surface area contributed by atoms with Gasteiger partial charge in [-0.05, 0) is 48.2 Å². The third-order valence-corrected chi connectivity index (χ3v) is 9.58. The topological polar surface area (TPSA) is 79.4 Å². The number of hydrogen-bond donors (Lipinski definition) is 1. The molecular weight excluding hydrogens is 502 g/mol. The monoisotopic (exact) mass is 531 g/mol. The second-order valence-electron chi connectivity index (χ2n) is 9.27. The van der Waals surface area contributed by atoms with E-state index in [0.29, 0.717) is 10.7 Å². The number of amides is 1. The fraction of sp³-hybridized carbons (Fsp3) is 0.241. The van der Waals surface area contributed by atoms with Gasteiger partial charge in [0.05, 0.1) is 10.6 Å². The van der Waals surface area contributed by atoms with Crippen molar-refractivity contribution in [3.63, 3.8) is 0 Å². The Morgan fingerprint density at radius 1 is 0.865 bits per heavy atom. The van der Waals surface area contributed by atoms with Crippen molar-refractivity contribution >= 4 is 32.4 Å². The van der Waals surface area contributed by atoms with Gasteiger partial charge in [-0.2, -0.15) is 4.31 Å². The van der Waals surface area contributed by atoms with E-state index in [4.69, 9.17) is 0 Å². The van der Waals surface area contributed by atoms with Crippen LogP contribution in [-0.4, -0.2) is 36.7 Å². The quantitative estimate of drug-likeness (QED) is 0.288. The van der Waals surface area contributed by atoms with Crippen LogP contribution in [0.2, 0.25) is 0 Å². The van der Waals surface area contributed by atoms with Crippen molar-refractivity contribution in [3.05, 3.63) is 89.8 Å². The van der Waals surface area contributed by atoms with Crippen molar-refractivity contribution in [2.24, 2.45) is 0 Å². The summed E-state index contributed by atoms with van der Waals surface area (Å²) in [5.74, 6) is -0.329. The third-order valence-electron chi connectivity index (χ3n) is 6.89. The van der Waals surface area contributed by atoms with Crippen LogP contribution in [0.25, 0.3) is 22.4 Å². The van der Waals surface area contributed by atoms with Crippen LogP contribution in [0.3, 0.4) is 0 Å². The molecule has 0 saturated heterocycles. The second-order valence-corrected chi connectivity index (χ2v) is 12.1. The summed E-state index contributed by atoms with van der Waals surface area (Å²) in [6.07, 6.45) is 5.06. The molecule has 0 radical (unpaired) electrons. The van der Waals surface area contributed by atoms with Gasteiger partial charge in [-0.25, -0.2) is 13.4 Å². The lowest BCUT2D eigenvalue weighted by Gasteiger charge is -2.30. The molecule has 4 aromatic rings. The number of thiazole rings is 1. The smallest absolute Gasteiger partial charge is 0.257 e. The molecule has 37 heavy (non-hydrogen) atoms. The molecule has 1 aliphatic rings. The number of sulfonamides is 1. The zero-order chi connectivity index (χ0) is 25.8. The molecule has 1 fully saturated rings. The number of aromatic nitrogens is 1. The van der Waals surface area contributed by atoms with Crippen molar-refractivity contribution in [2.75, 3.05) is 12.4 Å². The molecule has 5 rings (SSSR count). The molecule has 0 atom stereocenters.